The first-order valence-corrected chi connectivity index (χ1v) is 9.58. The number of rotatable bonds is 1. The second-order valence-electron chi connectivity index (χ2n) is 8.05. The smallest absolute Gasteiger partial charge is 0.358 e. The first kappa shape index (κ1) is 19.4. The largest absolute Gasteiger partial charge is 0.476 e. The molecule has 3 unspecified atom stereocenters. The van der Waals surface area contributed by atoms with Gasteiger partial charge in [-0.2, -0.15) is 0 Å². The summed E-state index contributed by atoms with van der Waals surface area (Å²) in [6, 6.07) is -0.490. The van der Waals surface area contributed by atoms with Crippen molar-refractivity contribution >= 4 is 40.5 Å². The van der Waals surface area contributed by atoms with E-state index in [2.05, 4.69) is 15.8 Å². The van der Waals surface area contributed by atoms with Crippen LogP contribution >= 0.6 is 0 Å². The number of carboxylic acids is 1. The molecule has 3 aliphatic heterocycles. The molecule has 1 spiro atoms. The molecule has 4 amide bonds. The lowest BCUT2D eigenvalue weighted by Gasteiger charge is -2.55. The van der Waals surface area contributed by atoms with Gasteiger partial charge in [-0.3, -0.25) is 20.2 Å². The summed E-state index contributed by atoms with van der Waals surface area (Å²) in [4.78, 5) is 50.9. The fraction of sp³-hybridized carbons (Fsp3) is 0.421. The summed E-state index contributed by atoms with van der Waals surface area (Å²) in [6.45, 7) is 3.59. The van der Waals surface area contributed by atoms with Gasteiger partial charge in [-0.25, -0.2) is 14.0 Å². The van der Waals surface area contributed by atoms with Gasteiger partial charge in [0.05, 0.1) is 29.3 Å². The molecule has 1 aromatic carbocycles. The van der Waals surface area contributed by atoms with Crippen LogP contribution in [0.15, 0.2) is 10.6 Å². The van der Waals surface area contributed by atoms with Gasteiger partial charge in [0, 0.05) is 13.0 Å². The lowest BCUT2D eigenvalue weighted by Crippen LogP contribution is -2.75. The molecule has 31 heavy (non-hydrogen) atoms. The summed E-state index contributed by atoms with van der Waals surface area (Å²) >= 11 is 0. The molecule has 0 aliphatic carbocycles. The highest BCUT2D eigenvalue weighted by atomic mass is 19.1. The number of aromatic carboxylic acids is 1. The van der Waals surface area contributed by atoms with Gasteiger partial charge in [0.25, 0.3) is 0 Å². The topological polar surface area (TPSA) is 151 Å². The second kappa shape index (κ2) is 6.23. The molecule has 2 saturated heterocycles. The number of carboxylic acid groups (broad SMARTS) is 1. The number of benzene rings is 1. The quantitative estimate of drug-likeness (QED) is 0.549. The number of fused-ring (bicyclic) bond motifs is 5. The number of nitrogens with one attached hydrogen (secondary N) is 2. The molecule has 2 aromatic rings. The highest BCUT2D eigenvalue weighted by Gasteiger charge is 2.63. The molecular weight excluding hydrogens is 415 g/mol. The second-order valence-corrected chi connectivity index (χ2v) is 8.05. The van der Waals surface area contributed by atoms with Gasteiger partial charge < -0.3 is 19.3 Å². The standard InChI is InChI=1S/C19H17FN4O7/c1-6-5-24-12-8(3-9-11(15(25)26)23-31-13(9)10(12)20)4-19(14(24)7(2)30-6)16(27)21-18(29)22-17(19)28/h3,6-7,14H,4-5H2,1-2H3,(H,25,26)(H2,21,22,27,28,29). The summed E-state index contributed by atoms with van der Waals surface area (Å²) in [5.41, 5.74) is -2.28. The number of aromatic nitrogens is 1. The van der Waals surface area contributed by atoms with Gasteiger partial charge in [0.1, 0.15) is 0 Å². The highest BCUT2D eigenvalue weighted by Crippen LogP contribution is 2.49. The van der Waals surface area contributed by atoms with Crippen molar-refractivity contribution < 1.29 is 37.9 Å². The average Bonchev–Trinajstić information content (AvgIpc) is 3.09. The van der Waals surface area contributed by atoms with Crippen molar-refractivity contribution in [3.63, 3.8) is 0 Å². The summed E-state index contributed by atoms with van der Waals surface area (Å²) in [5.74, 6) is -3.89. The van der Waals surface area contributed by atoms with Crippen LogP contribution in [0.2, 0.25) is 0 Å². The Kier molecular flexibility index (Phi) is 3.91. The molecule has 0 radical (unpaired) electrons. The molecule has 0 bridgehead atoms. The number of carbonyl (C=O) groups is 4. The molecule has 162 valence electrons. The van der Waals surface area contributed by atoms with Gasteiger partial charge in [0.15, 0.2) is 16.9 Å². The molecule has 12 heteroatoms. The number of imide groups is 2. The number of urea groups is 1. The lowest BCUT2D eigenvalue weighted by molar-refractivity contribution is -0.153. The maximum Gasteiger partial charge on any atom is 0.358 e. The monoisotopic (exact) mass is 432 g/mol. The van der Waals surface area contributed by atoms with E-state index in [1.807, 2.05) is 0 Å². The highest BCUT2D eigenvalue weighted by molar-refractivity contribution is 6.20. The molecule has 4 heterocycles. The van der Waals surface area contributed by atoms with Crippen LogP contribution in [0.1, 0.15) is 29.9 Å². The van der Waals surface area contributed by atoms with Crippen LogP contribution < -0.4 is 15.5 Å². The van der Waals surface area contributed by atoms with Crippen molar-refractivity contribution in [3.8, 4) is 0 Å². The number of carbonyl (C=O) groups excluding carboxylic acids is 3. The van der Waals surface area contributed by atoms with Crippen LogP contribution in [0.4, 0.5) is 14.9 Å². The molecule has 3 N–H and O–H groups in total. The third kappa shape index (κ3) is 2.45. The fourth-order valence-corrected chi connectivity index (χ4v) is 5.10. The van der Waals surface area contributed by atoms with Gasteiger partial charge in [-0.1, -0.05) is 5.16 Å². The Balaban J connectivity index is 1.80. The molecule has 0 saturated carbocycles. The van der Waals surface area contributed by atoms with Crippen LogP contribution in [0.25, 0.3) is 11.0 Å². The predicted molar refractivity (Wildman–Crippen MR) is 99.9 cm³/mol. The summed E-state index contributed by atoms with van der Waals surface area (Å²) in [5, 5.41) is 17.0. The molecule has 11 nitrogen and oxygen atoms in total. The van der Waals surface area contributed by atoms with E-state index in [9.17, 15) is 24.3 Å². The predicted octanol–water partition coefficient (Wildman–Crippen LogP) is 0.556. The van der Waals surface area contributed by atoms with Crippen molar-refractivity contribution in [3.05, 3.63) is 23.1 Å². The lowest BCUT2D eigenvalue weighted by atomic mass is 9.66. The molecule has 5 rings (SSSR count). The molecule has 3 atom stereocenters. The number of amides is 4. The molecule has 1 aromatic heterocycles. The number of nitrogens with zero attached hydrogens (tertiary/aromatic N) is 2. The van der Waals surface area contributed by atoms with Crippen molar-refractivity contribution in [1.29, 1.82) is 0 Å². The van der Waals surface area contributed by atoms with Crippen molar-refractivity contribution in [1.82, 2.24) is 15.8 Å². The minimum Gasteiger partial charge on any atom is -0.476 e. The number of morpholine rings is 1. The molecule has 2 fully saturated rings. The van der Waals surface area contributed by atoms with E-state index >= 15 is 4.39 Å². The third-order valence-corrected chi connectivity index (χ3v) is 6.17. The van der Waals surface area contributed by atoms with Gasteiger partial charge in [-0.05, 0) is 25.5 Å². The number of hydrogen-bond donors (Lipinski definition) is 3. The fourth-order valence-electron chi connectivity index (χ4n) is 5.10. The van der Waals surface area contributed by atoms with Crippen LogP contribution in [-0.4, -0.2) is 58.9 Å². The van der Waals surface area contributed by atoms with Gasteiger partial charge in [-0.15, -0.1) is 0 Å². The summed E-state index contributed by atoms with van der Waals surface area (Å²) < 4.78 is 26.4. The number of ether oxygens (including phenoxy) is 1. The van der Waals surface area contributed by atoms with Gasteiger partial charge >= 0.3 is 12.0 Å². The minimum absolute atomic E-state index is 0.0839. The van der Waals surface area contributed by atoms with Gasteiger partial charge in [0.2, 0.25) is 17.4 Å². The zero-order valence-electron chi connectivity index (χ0n) is 16.4. The SMILES string of the molecule is CC1CN2c3c(cc4c(C(=O)O)noc4c3F)CC3(C(=O)NC(=O)NC3=O)C2C(C)O1. The Morgan fingerprint density at radius 2 is 1.97 bits per heavy atom. The van der Waals surface area contributed by atoms with Crippen molar-refractivity contribution in [2.75, 3.05) is 11.4 Å². The van der Waals surface area contributed by atoms with Crippen molar-refractivity contribution in [2.45, 2.75) is 38.5 Å². The number of hydrogen-bond acceptors (Lipinski definition) is 8. The molecule has 3 aliphatic rings. The van der Waals surface area contributed by atoms with Crippen LogP contribution in [0.5, 0.6) is 0 Å². The van der Waals surface area contributed by atoms with E-state index in [-0.39, 0.29) is 41.3 Å². The third-order valence-electron chi connectivity index (χ3n) is 6.17. The Morgan fingerprint density at radius 1 is 1.29 bits per heavy atom. The van der Waals surface area contributed by atoms with Crippen LogP contribution in [-0.2, 0) is 20.7 Å². The maximum atomic E-state index is 15.6. The number of barbiturate groups is 1. The van der Waals surface area contributed by atoms with Crippen LogP contribution in [0, 0.1) is 11.2 Å². The van der Waals surface area contributed by atoms with E-state index in [0.29, 0.717) is 0 Å². The Morgan fingerprint density at radius 3 is 2.61 bits per heavy atom. The van der Waals surface area contributed by atoms with E-state index in [1.165, 1.54) is 6.07 Å². The number of anilines is 1. The Hall–Kier alpha value is -3.54. The zero-order chi connectivity index (χ0) is 22.2. The van der Waals surface area contributed by atoms with E-state index in [4.69, 9.17) is 9.26 Å². The minimum atomic E-state index is -1.79. The van der Waals surface area contributed by atoms with E-state index in [1.54, 1.807) is 18.7 Å². The van der Waals surface area contributed by atoms with Crippen molar-refractivity contribution in [2.24, 2.45) is 5.41 Å². The molecular formula is C19H17FN4O7. The summed E-state index contributed by atoms with van der Waals surface area (Å²) in [6.07, 6.45) is -1.29. The normalized spacial score (nSPS) is 27.0. The number of halogens is 1. The Bertz CT molecular complexity index is 1170. The van der Waals surface area contributed by atoms with E-state index in [0.717, 1.165) is 0 Å². The van der Waals surface area contributed by atoms with E-state index < -0.39 is 52.9 Å². The first-order chi connectivity index (χ1) is 14.6. The van der Waals surface area contributed by atoms with Crippen LogP contribution in [0.3, 0.4) is 0 Å². The Labute approximate surface area is 173 Å². The maximum absolute atomic E-state index is 15.6. The average molecular weight is 432 g/mol. The summed E-state index contributed by atoms with van der Waals surface area (Å²) in [7, 11) is 0. The first-order valence-electron chi connectivity index (χ1n) is 9.58. The zero-order valence-corrected chi connectivity index (χ0v) is 16.4.